The second-order valence-corrected chi connectivity index (χ2v) is 7.46. The molecule has 2 aromatic heterocycles. The highest BCUT2D eigenvalue weighted by Gasteiger charge is 2.17. The molecule has 0 radical (unpaired) electrons. The second-order valence-electron chi connectivity index (χ2n) is 5.54. The largest absolute Gasteiger partial charge is 0.497 e. The van der Waals surface area contributed by atoms with Crippen molar-refractivity contribution >= 4 is 28.9 Å². The second kappa shape index (κ2) is 8.17. The molecule has 3 rings (SSSR count). The lowest BCUT2D eigenvalue weighted by molar-refractivity contribution is -0.114. The molecule has 0 bridgehead atoms. The number of ketones is 1. The minimum absolute atomic E-state index is 0.0493. The number of pyridine rings is 1. The number of carbonyl (C=O) groups excluding carboxylic acids is 1. The van der Waals surface area contributed by atoms with E-state index in [2.05, 4.69) is 11.1 Å². The van der Waals surface area contributed by atoms with E-state index >= 15 is 0 Å². The number of carbonyl (C=O) groups is 1. The Morgan fingerprint density at radius 2 is 2.08 bits per heavy atom. The molecule has 6 heteroatoms. The lowest BCUT2D eigenvalue weighted by Crippen LogP contribution is -1.99. The molecule has 0 atom stereocenters. The Morgan fingerprint density at radius 3 is 2.65 bits per heavy atom. The quantitative estimate of drug-likeness (QED) is 0.561. The molecule has 26 heavy (non-hydrogen) atoms. The predicted octanol–water partition coefficient (Wildman–Crippen LogP) is 5.04. The molecular weight excluding hydrogens is 364 g/mol. The summed E-state index contributed by atoms with van der Waals surface area (Å²) >= 11 is 2.88. The van der Waals surface area contributed by atoms with E-state index in [0.29, 0.717) is 10.6 Å². The van der Waals surface area contributed by atoms with Gasteiger partial charge in [-0.05, 0) is 48.7 Å². The van der Waals surface area contributed by atoms with Crippen molar-refractivity contribution in [1.82, 2.24) is 4.98 Å². The molecule has 0 aliphatic heterocycles. The van der Waals surface area contributed by atoms with Gasteiger partial charge in [-0.25, -0.2) is 4.98 Å². The van der Waals surface area contributed by atoms with Crippen LogP contribution >= 0.6 is 23.1 Å². The highest BCUT2D eigenvalue weighted by atomic mass is 32.2. The van der Waals surface area contributed by atoms with Crippen LogP contribution in [-0.2, 0) is 4.79 Å². The Balaban J connectivity index is 2.14. The van der Waals surface area contributed by atoms with E-state index in [1.807, 2.05) is 47.8 Å². The van der Waals surface area contributed by atoms with E-state index in [0.717, 1.165) is 27.4 Å². The van der Waals surface area contributed by atoms with Crippen LogP contribution in [0.25, 0.3) is 21.7 Å². The highest BCUT2D eigenvalue weighted by molar-refractivity contribution is 8.00. The summed E-state index contributed by atoms with van der Waals surface area (Å²) in [6, 6.07) is 15.8. The SMILES string of the molecule is COc1ccc(-c2cc(-c3cccs3)c(C#N)c(SCC(C)=O)n2)cc1. The molecule has 4 nitrogen and oxygen atoms in total. The maximum absolute atomic E-state index is 11.4. The van der Waals surface area contributed by atoms with Crippen molar-refractivity contribution in [2.75, 3.05) is 12.9 Å². The molecule has 0 aliphatic rings. The van der Waals surface area contributed by atoms with Crippen molar-refractivity contribution in [2.24, 2.45) is 0 Å². The molecule has 130 valence electrons. The van der Waals surface area contributed by atoms with Crippen LogP contribution in [0.15, 0.2) is 52.9 Å². The number of ether oxygens (including phenoxy) is 1. The fourth-order valence-electron chi connectivity index (χ4n) is 2.44. The van der Waals surface area contributed by atoms with Crippen LogP contribution in [0.2, 0.25) is 0 Å². The number of hydrogen-bond acceptors (Lipinski definition) is 6. The summed E-state index contributed by atoms with van der Waals surface area (Å²) in [5, 5.41) is 12.3. The maximum Gasteiger partial charge on any atom is 0.140 e. The normalized spacial score (nSPS) is 10.3. The van der Waals surface area contributed by atoms with E-state index in [9.17, 15) is 10.1 Å². The summed E-state index contributed by atoms with van der Waals surface area (Å²) in [5.41, 5.74) is 3.05. The first kappa shape index (κ1) is 18.2. The van der Waals surface area contributed by atoms with Crippen LogP contribution in [0.1, 0.15) is 12.5 Å². The summed E-state index contributed by atoms with van der Waals surface area (Å²) in [5.74, 6) is 1.11. The van der Waals surface area contributed by atoms with Crippen molar-refractivity contribution in [3.05, 3.63) is 53.4 Å². The molecule has 0 amide bonds. The standard InChI is InChI=1S/C20H16N2O2S2/c1-13(23)12-26-20-17(11-21)16(19-4-3-9-25-19)10-18(22-20)14-5-7-15(24-2)8-6-14/h3-10H,12H2,1-2H3. The van der Waals surface area contributed by atoms with Crippen molar-refractivity contribution in [3.8, 4) is 33.5 Å². The van der Waals surface area contributed by atoms with Gasteiger partial charge in [0, 0.05) is 16.0 Å². The van der Waals surface area contributed by atoms with Gasteiger partial charge in [0.1, 0.15) is 22.6 Å². The van der Waals surface area contributed by atoms with Crippen molar-refractivity contribution in [3.63, 3.8) is 0 Å². The number of hydrogen-bond donors (Lipinski definition) is 0. The Morgan fingerprint density at radius 1 is 1.31 bits per heavy atom. The van der Waals surface area contributed by atoms with Gasteiger partial charge < -0.3 is 4.74 Å². The van der Waals surface area contributed by atoms with Crippen LogP contribution in [0.3, 0.4) is 0 Å². The number of rotatable bonds is 6. The van der Waals surface area contributed by atoms with Gasteiger partial charge in [-0.3, -0.25) is 4.79 Å². The smallest absolute Gasteiger partial charge is 0.140 e. The van der Waals surface area contributed by atoms with Gasteiger partial charge in [-0.15, -0.1) is 11.3 Å². The zero-order valence-corrected chi connectivity index (χ0v) is 16.0. The third-order valence-electron chi connectivity index (χ3n) is 3.68. The lowest BCUT2D eigenvalue weighted by Gasteiger charge is -2.11. The van der Waals surface area contributed by atoms with Crippen LogP contribution < -0.4 is 4.74 Å². The molecule has 0 aliphatic carbocycles. The van der Waals surface area contributed by atoms with Gasteiger partial charge in [-0.2, -0.15) is 5.26 Å². The maximum atomic E-state index is 11.4. The first-order valence-electron chi connectivity index (χ1n) is 7.88. The average molecular weight is 380 g/mol. The molecular formula is C20H16N2O2S2. The minimum Gasteiger partial charge on any atom is -0.497 e. The van der Waals surface area contributed by atoms with Gasteiger partial charge >= 0.3 is 0 Å². The number of thiophene rings is 1. The van der Waals surface area contributed by atoms with E-state index in [4.69, 9.17) is 4.74 Å². The monoisotopic (exact) mass is 380 g/mol. The minimum atomic E-state index is 0.0493. The third-order valence-corrected chi connectivity index (χ3v) is 5.71. The number of nitrogens with zero attached hydrogens (tertiary/aromatic N) is 2. The van der Waals surface area contributed by atoms with Gasteiger partial charge in [0.15, 0.2) is 0 Å². The highest BCUT2D eigenvalue weighted by Crippen LogP contribution is 2.36. The number of thioether (sulfide) groups is 1. The number of aromatic nitrogens is 1. The first-order chi connectivity index (χ1) is 12.6. The topological polar surface area (TPSA) is 63.0 Å². The first-order valence-corrected chi connectivity index (χ1v) is 9.74. The summed E-state index contributed by atoms with van der Waals surface area (Å²) in [4.78, 5) is 17.1. The molecule has 0 fully saturated rings. The molecule has 0 saturated carbocycles. The summed E-state index contributed by atoms with van der Waals surface area (Å²) in [6.07, 6.45) is 0. The van der Waals surface area contributed by atoms with Gasteiger partial charge in [0.2, 0.25) is 0 Å². The zero-order chi connectivity index (χ0) is 18.5. The van der Waals surface area contributed by atoms with Crippen LogP contribution in [-0.4, -0.2) is 23.6 Å². The average Bonchev–Trinajstić information content (AvgIpc) is 3.20. The van der Waals surface area contributed by atoms with Crippen LogP contribution in [0.5, 0.6) is 5.75 Å². The summed E-state index contributed by atoms with van der Waals surface area (Å²) in [7, 11) is 1.63. The van der Waals surface area contributed by atoms with Gasteiger partial charge in [-0.1, -0.05) is 17.8 Å². The fraction of sp³-hybridized carbons (Fsp3) is 0.150. The number of methoxy groups -OCH3 is 1. The molecule has 1 aromatic carbocycles. The van der Waals surface area contributed by atoms with Crippen molar-refractivity contribution in [1.29, 1.82) is 5.26 Å². The van der Waals surface area contributed by atoms with Crippen molar-refractivity contribution < 1.29 is 9.53 Å². The predicted molar refractivity (Wildman–Crippen MR) is 106 cm³/mol. The molecule has 0 unspecified atom stereocenters. The van der Waals surface area contributed by atoms with Crippen LogP contribution in [0, 0.1) is 11.3 Å². The lowest BCUT2D eigenvalue weighted by atomic mass is 10.0. The number of nitriles is 1. The molecule has 0 saturated heterocycles. The Kier molecular flexibility index (Phi) is 5.71. The fourth-order valence-corrected chi connectivity index (χ4v) is 3.99. The molecule has 3 aromatic rings. The summed E-state index contributed by atoms with van der Waals surface area (Å²) in [6.45, 7) is 1.53. The molecule has 0 N–H and O–H groups in total. The van der Waals surface area contributed by atoms with Gasteiger partial charge in [0.25, 0.3) is 0 Å². The zero-order valence-electron chi connectivity index (χ0n) is 14.4. The van der Waals surface area contributed by atoms with E-state index in [1.165, 1.54) is 18.7 Å². The van der Waals surface area contributed by atoms with Gasteiger partial charge in [0.05, 0.1) is 24.1 Å². The molecule has 2 heterocycles. The third kappa shape index (κ3) is 3.96. The summed E-state index contributed by atoms with van der Waals surface area (Å²) < 4.78 is 5.21. The van der Waals surface area contributed by atoms with Crippen LogP contribution in [0.4, 0.5) is 0 Å². The van der Waals surface area contributed by atoms with E-state index < -0.39 is 0 Å². The van der Waals surface area contributed by atoms with Crippen molar-refractivity contribution in [2.45, 2.75) is 11.9 Å². The Hall–Kier alpha value is -2.62. The Bertz CT molecular complexity index is 959. The van der Waals surface area contributed by atoms with E-state index in [-0.39, 0.29) is 11.5 Å². The Labute approximate surface area is 160 Å². The molecule has 0 spiro atoms. The van der Waals surface area contributed by atoms with E-state index in [1.54, 1.807) is 18.4 Å². The number of Topliss-reactive ketones (excluding diaryl/α,β-unsaturated/α-hetero) is 1. The number of benzene rings is 1.